The van der Waals surface area contributed by atoms with Crippen LogP contribution in [0, 0.1) is 6.57 Å². The third-order valence-electron chi connectivity index (χ3n) is 7.60. The summed E-state index contributed by atoms with van der Waals surface area (Å²) in [6.07, 6.45) is 4.58. The first-order valence-electron chi connectivity index (χ1n) is 14.2. The van der Waals surface area contributed by atoms with Crippen molar-refractivity contribution in [3.8, 4) is 17.4 Å². The van der Waals surface area contributed by atoms with Crippen molar-refractivity contribution < 1.29 is 14.3 Å². The summed E-state index contributed by atoms with van der Waals surface area (Å²) in [4.78, 5) is 27.3. The molecule has 2 fully saturated rings. The van der Waals surface area contributed by atoms with E-state index < -0.39 is 5.91 Å². The summed E-state index contributed by atoms with van der Waals surface area (Å²) in [6, 6.07) is 15.1. The van der Waals surface area contributed by atoms with E-state index in [1.165, 1.54) is 12.5 Å². The van der Waals surface area contributed by atoms with Crippen molar-refractivity contribution in [2.24, 2.45) is 0 Å². The topological polar surface area (TPSA) is 86.6 Å². The normalized spacial score (nSPS) is 15.5. The van der Waals surface area contributed by atoms with Gasteiger partial charge in [0.1, 0.15) is 23.0 Å². The van der Waals surface area contributed by atoms with Gasteiger partial charge in [-0.25, -0.2) is 4.85 Å². The summed E-state index contributed by atoms with van der Waals surface area (Å²) in [5.74, 6) is 1.83. The Hall–Kier alpha value is -4.75. The Morgan fingerprint density at radius 2 is 1.76 bits per heavy atom. The summed E-state index contributed by atoms with van der Waals surface area (Å²) < 4.78 is 12.1. The van der Waals surface area contributed by atoms with Crippen LogP contribution in [0.3, 0.4) is 0 Å². The first-order valence-corrected chi connectivity index (χ1v) is 14.2. The number of anilines is 5. The number of ether oxygens (including phenoxy) is 2. The molecule has 0 radical (unpaired) electrons. The number of likely N-dealkylation sites (N-methyl/N-ethyl adjacent to an activating group) is 1. The lowest BCUT2D eigenvalue weighted by molar-refractivity contribution is -0.111. The lowest BCUT2D eigenvalue weighted by Crippen LogP contribution is -2.44. The van der Waals surface area contributed by atoms with Crippen LogP contribution in [0.5, 0.6) is 17.4 Å². The van der Waals surface area contributed by atoms with E-state index in [4.69, 9.17) is 21.0 Å². The van der Waals surface area contributed by atoms with Crippen molar-refractivity contribution in [3.05, 3.63) is 72.6 Å². The number of methoxy groups -OCH3 is 1. The van der Waals surface area contributed by atoms with E-state index in [0.29, 0.717) is 28.8 Å². The molecule has 10 heteroatoms. The molecule has 10 nitrogen and oxygen atoms in total. The van der Waals surface area contributed by atoms with Crippen LogP contribution in [0.15, 0.2) is 61.2 Å². The Bertz CT molecular complexity index is 1470. The van der Waals surface area contributed by atoms with Gasteiger partial charge in [-0.2, -0.15) is 4.98 Å². The van der Waals surface area contributed by atoms with E-state index in [1.807, 2.05) is 18.2 Å². The fourth-order valence-electron chi connectivity index (χ4n) is 5.21. The zero-order valence-corrected chi connectivity index (χ0v) is 24.2. The number of nitrogens with one attached hydrogen (secondary N) is 2. The molecule has 1 amide bonds. The van der Waals surface area contributed by atoms with Crippen molar-refractivity contribution >= 4 is 40.2 Å². The van der Waals surface area contributed by atoms with Crippen LogP contribution >= 0.6 is 0 Å². The summed E-state index contributed by atoms with van der Waals surface area (Å²) in [7, 11) is 3.82. The van der Waals surface area contributed by atoms with Gasteiger partial charge in [0.25, 0.3) is 0 Å². The number of carbonyl (C=O) groups excluding carboxylic acids is 1. The highest BCUT2D eigenvalue weighted by Gasteiger charge is 2.20. The van der Waals surface area contributed by atoms with E-state index in [9.17, 15) is 4.79 Å². The maximum Gasteiger partial charge on any atom is 0.246 e. The maximum atomic E-state index is 12.0. The lowest BCUT2D eigenvalue weighted by atomic mass is 10.1. The molecule has 2 saturated heterocycles. The molecule has 42 heavy (non-hydrogen) atoms. The van der Waals surface area contributed by atoms with Crippen molar-refractivity contribution in [1.29, 1.82) is 0 Å². The predicted molar refractivity (Wildman–Crippen MR) is 168 cm³/mol. The van der Waals surface area contributed by atoms with Crippen LogP contribution in [-0.2, 0) is 4.79 Å². The molecule has 3 heterocycles. The number of nitrogens with zero attached hydrogens (tertiary/aromatic N) is 5. The quantitative estimate of drug-likeness (QED) is 0.239. The fourth-order valence-corrected chi connectivity index (χ4v) is 5.21. The summed E-state index contributed by atoms with van der Waals surface area (Å²) in [6.45, 7) is 16.8. The average molecular weight is 568 g/mol. The molecule has 0 unspecified atom stereocenters. The first-order chi connectivity index (χ1) is 20.5. The zero-order chi connectivity index (χ0) is 29.5. The highest BCUT2D eigenvalue weighted by molar-refractivity contribution is 6.01. The van der Waals surface area contributed by atoms with Gasteiger partial charge in [-0.15, -0.1) is 0 Å². The maximum absolute atomic E-state index is 12.0. The number of hydrogen-bond donors (Lipinski definition) is 2. The fraction of sp³-hybridized carbons (Fsp3) is 0.344. The van der Waals surface area contributed by atoms with Crippen LogP contribution in [0.1, 0.15) is 19.3 Å². The molecule has 5 rings (SSSR count). The average Bonchev–Trinajstić information content (AvgIpc) is 3.02. The summed E-state index contributed by atoms with van der Waals surface area (Å²) in [5, 5.41) is 6.10. The zero-order valence-electron chi connectivity index (χ0n) is 24.2. The number of benzene rings is 2. The number of piperidine rings is 1. The van der Waals surface area contributed by atoms with Crippen molar-refractivity contribution in [2.75, 3.05) is 73.9 Å². The monoisotopic (exact) mass is 567 g/mol. The standard InChI is InChI=1S/C32H37N7O3/c1-5-31(40)35-27-22-24(10-12-25(27)33-2)42-32-28(39-15-7-6-8-16-39)13-14-30(36-32)34-26-11-9-23(21-29(26)41-4)38-19-17-37(3)18-20-38/h5,9-14,21-22H,1,6-8,15-20H2,3-4H3,(H,34,36)(H,35,40). The molecule has 0 atom stereocenters. The molecule has 1 aromatic heterocycles. The van der Waals surface area contributed by atoms with E-state index in [0.717, 1.165) is 74.9 Å². The van der Waals surface area contributed by atoms with E-state index in [1.54, 1.807) is 25.3 Å². The minimum atomic E-state index is -0.400. The Kier molecular flexibility index (Phi) is 9.09. The molecule has 0 aliphatic carbocycles. The Labute approximate surface area is 247 Å². The van der Waals surface area contributed by atoms with Crippen LogP contribution in [0.25, 0.3) is 4.85 Å². The van der Waals surface area contributed by atoms with Gasteiger partial charge in [0.2, 0.25) is 17.5 Å². The largest absolute Gasteiger partial charge is 0.494 e. The van der Waals surface area contributed by atoms with Gasteiger partial charge >= 0.3 is 0 Å². The predicted octanol–water partition coefficient (Wildman–Crippen LogP) is 6.04. The van der Waals surface area contributed by atoms with Crippen molar-refractivity contribution in [1.82, 2.24) is 9.88 Å². The molecule has 0 saturated carbocycles. The van der Waals surface area contributed by atoms with Gasteiger partial charge in [0.15, 0.2) is 0 Å². The molecule has 2 aromatic carbocycles. The second kappa shape index (κ2) is 13.3. The molecule has 3 aromatic rings. The SMILES string of the molecule is [C-]#[N+]c1ccc(Oc2nc(Nc3ccc(N4CCN(C)CC4)cc3OC)ccc2N2CCCCC2)cc1NC(=O)C=C. The molecule has 2 N–H and O–H groups in total. The minimum absolute atomic E-state index is 0.310. The molecule has 218 valence electrons. The van der Waals surface area contributed by atoms with Gasteiger partial charge in [-0.3, -0.25) is 4.79 Å². The van der Waals surface area contributed by atoms with Crippen molar-refractivity contribution in [2.45, 2.75) is 19.3 Å². The third-order valence-corrected chi connectivity index (χ3v) is 7.60. The van der Waals surface area contributed by atoms with Gasteiger partial charge in [0, 0.05) is 51.0 Å². The number of amides is 1. The Morgan fingerprint density at radius 1 is 0.976 bits per heavy atom. The van der Waals surface area contributed by atoms with Crippen LogP contribution in [-0.4, -0.2) is 69.2 Å². The van der Waals surface area contributed by atoms with Gasteiger partial charge < -0.3 is 34.8 Å². The Morgan fingerprint density at radius 3 is 2.48 bits per heavy atom. The first kappa shape index (κ1) is 28.8. The number of aromatic nitrogens is 1. The summed E-state index contributed by atoms with van der Waals surface area (Å²) in [5.41, 5.74) is 3.49. The van der Waals surface area contributed by atoms with Crippen LogP contribution < -0.4 is 29.9 Å². The minimum Gasteiger partial charge on any atom is -0.494 e. The van der Waals surface area contributed by atoms with Crippen LogP contribution in [0.4, 0.5) is 34.3 Å². The van der Waals surface area contributed by atoms with E-state index >= 15 is 0 Å². The van der Waals surface area contributed by atoms with Gasteiger partial charge in [-0.1, -0.05) is 12.6 Å². The van der Waals surface area contributed by atoms with Crippen molar-refractivity contribution in [3.63, 3.8) is 0 Å². The second-order valence-electron chi connectivity index (χ2n) is 10.5. The van der Waals surface area contributed by atoms with Crippen LogP contribution in [0.2, 0.25) is 0 Å². The number of carbonyl (C=O) groups is 1. The number of pyridine rings is 1. The lowest BCUT2D eigenvalue weighted by Gasteiger charge is -2.34. The van der Waals surface area contributed by atoms with Gasteiger partial charge in [-0.05, 0) is 68.8 Å². The highest BCUT2D eigenvalue weighted by Crippen LogP contribution is 2.38. The molecule has 0 spiro atoms. The summed E-state index contributed by atoms with van der Waals surface area (Å²) >= 11 is 0. The van der Waals surface area contributed by atoms with Gasteiger partial charge in [0.05, 0.1) is 25.1 Å². The van der Waals surface area contributed by atoms with E-state index in [2.05, 4.69) is 55.9 Å². The van der Waals surface area contributed by atoms with E-state index in [-0.39, 0.29) is 0 Å². The third kappa shape index (κ3) is 6.75. The molecule has 0 bridgehead atoms. The number of hydrogen-bond acceptors (Lipinski definition) is 8. The smallest absolute Gasteiger partial charge is 0.246 e. The molecular formula is C32H37N7O3. The number of piperazine rings is 1. The molecular weight excluding hydrogens is 530 g/mol. The highest BCUT2D eigenvalue weighted by atomic mass is 16.5. The molecule has 2 aliphatic rings. The second-order valence-corrected chi connectivity index (χ2v) is 10.5. The molecule has 2 aliphatic heterocycles. The Balaban J connectivity index is 1.43. The number of rotatable bonds is 9.